The fourth-order valence-corrected chi connectivity index (χ4v) is 4.08. The average molecular weight is 515 g/mol. The number of esters is 1. The quantitative estimate of drug-likeness (QED) is 0.272. The maximum Gasteiger partial charge on any atom is 0.308 e. The second-order valence-electron chi connectivity index (χ2n) is 7.68. The van der Waals surface area contributed by atoms with E-state index in [1.54, 1.807) is 0 Å². The second-order valence-corrected chi connectivity index (χ2v) is 7.68. The van der Waals surface area contributed by atoms with Gasteiger partial charge in [0.25, 0.3) is 0 Å². The summed E-state index contributed by atoms with van der Waals surface area (Å²) in [5.74, 6) is 1.81. The Morgan fingerprint density at radius 1 is 1.14 bits per heavy atom. The van der Waals surface area contributed by atoms with Crippen molar-refractivity contribution in [2.24, 2.45) is 10.9 Å². The van der Waals surface area contributed by atoms with Crippen LogP contribution in [0.5, 0.6) is 5.75 Å². The summed E-state index contributed by atoms with van der Waals surface area (Å²) in [7, 11) is 3.27. The molecule has 2 fully saturated rings. The Labute approximate surface area is 191 Å². The fourth-order valence-electron chi connectivity index (χ4n) is 4.08. The molecule has 1 N–H and O–H groups in total. The standard InChI is InChI=1S/C22H33N3O3.HI/c1-23-22(25-15-12-18(13-16-25)21(26)27-2)24-14-11-17-7-9-20(10-8-17)28-19-5-3-4-6-19;/h7-10,18-19H,3-6,11-16H2,1-2H3,(H,23,24);1H. The van der Waals surface area contributed by atoms with Gasteiger partial charge in [-0.2, -0.15) is 0 Å². The highest BCUT2D eigenvalue weighted by atomic mass is 127. The summed E-state index contributed by atoms with van der Waals surface area (Å²) >= 11 is 0. The molecule has 0 amide bonds. The minimum Gasteiger partial charge on any atom is -0.490 e. The minimum atomic E-state index is -0.0945. The van der Waals surface area contributed by atoms with Gasteiger partial charge in [0, 0.05) is 26.7 Å². The molecule has 0 radical (unpaired) electrons. The maximum atomic E-state index is 11.7. The van der Waals surface area contributed by atoms with Crippen molar-refractivity contribution in [1.82, 2.24) is 10.2 Å². The Kier molecular flexibility index (Phi) is 10.0. The smallest absolute Gasteiger partial charge is 0.308 e. The highest BCUT2D eigenvalue weighted by molar-refractivity contribution is 14.0. The molecule has 6 nitrogen and oxygen atoms in total. The molecule has 1 aliphatic heterocycles. The number of likely N-dealkylation sites (tertiary alicyclic amines) is 1. The van der Waals surface area contributed by atoms with Gasteiger partial charge in [0.1, 0.15) is 5.75 Å². The van der Waals surface area contributed by atoms with Crippen LogP contribution in [0.3, 0.4) is 0 Å². The van der Waals surface area contributed by atoms with Crippen molar-refractivity contribution in [3.05, 3.63) is 29.8 Å². The summed E-state index contributed by atoms with van der Waals surface area (Å²) in [6.45, 7) is 2.48. The van der Waals surface area contributed by atoms with Crippen LogP contribution >= 0.6 is 24.0 Å². The Bertz CT molecular complexity index is 652. The van der Waals surface area contributed by atoms with Crippen molar-refractivity contribution in [2.75, 3.05) is 33.8 Å². The normalized spacial score (nSPS) is 18.3. The molecule has 0 aromatic heterocycles. The highest BCUT2D eigenvalue weighted by Crippen LogP contribution is 2.24. The molecule has 1 heterocycles. The first-order valence-corrected chi connectivity index (χ1v) is 10.5. The molecule has 1 aliphatic carbocycles. The highest BCUT2D eigenvalue weighted by Gasteiger charge is 2.26. The molecule has 3 rings (SSSR count). The molecule has 0 atom stereocenters. The summed E-state index contributed by atoms with van der Waals surface area (Å²) < 4.78 is 10.9. The first kappa shape index (κ1) is 23.8. The van der Waals surface area contributed by atoms with Crippen LogP contribution in [0.2, 0.25) is 0 Å². The van der Waals surface area contributed by atoms with Crippen molar-refractivity contribution < 1.29 is 14.3 Å². The van der Waals surface area contributed by atoms with Gasteiger partial charge in [0.15, 0.2) is 5.96 Å². The molecule has 162 valence electrons. The molecule has 29 heavy (non-hydrogen) atoms. The van der Waals surface area contributed by atoms with Gasteiger partial charge >= 0.3 is 5.97 Å². The van der Waals surface area contributed by atoms with Crippen molar-refractivity contribution in [3.8, 4) is 5.75 Å². The van der Waals surface area contributed by atoms with Crippen LogP contribution in [0.4, 0.5) is 0 Å². The molecule has 0 bridgehead atoms. The first-order valence-electron chi connectivity index (χ1n) is 10.5. The number of benzene rings is 1. The van der Waals surface area contributed by atoms with E-state index in [0.717, 1.165) is 50.6 Å². The average Bonchev–Trinajstić information content (AvgIpc) is 3.25. The molecule has 1 aromatic carbocycles. The summed E-state index contributed by atoms with van der Waals surface area (Å²) in [5, 5.41) is 3.45. The SMILES string of the molecule is CN=C(NCCc1ccc(OC2CCCC2)cc1)N1CCC(C(=O)OC)CC1.I. The first-order chi connectivity index (χ1) is 13.7. The van der Waals surface area contributed by atoms with Gasteiger partial charge in [0.05, 0.1) is 19.1 Å². The van der Waals surface area contributed by atoms with E-state index in [1.807, 2.05) is 7.05 Å². The molecule has 1 saturated carbocycles. The maximum absolute atomic E-state index is 11.7. The number of rotatable bonds is 6. The molecule has 0 unspecified atom stereocenters. The summed E-state index contributed by atoms with van der Waals surface area (Å²) in [6.07, 6.45) is 7.90. The zero-order valence-corrected chi connectivity index (χ0v) is 19.9. The van der Waals surface area contributed by atoms with Gasteiger partial charge in [-0.15, -0.1) is 24.0 Å². The van der Waals surface area contributed by atoms with E-state index in [1.165, 1.54) is 38.4 Å². The van der Waals surface area contributed by atoms with E-state index >= 15 is 0 Å². The van der Waals surface area contributed by atoms with Gasteiger partial charge < -0.3 is 19.7 Å². The third-order valence-electron chi connectivity index (χ3n) is 5.77. The Balaban J connectivity index is 0.00000300. The van der Waals surface area contributed by atoms with E-state index < -0.39 is 0 Å². The summed E-state index contributed by atoms with van der Waals surface area (Å²) in [6, 6.07) is 8.47. The largest absolute Gasteiger partial charge is 0.490 e. The number of carbonyl (C=O) groups is 1. The third kappa shape index (κ3) is 7.04. The van der Waals surface area contributed by atoms with Gasteiger partial charge in [-0.3, -0.25) is 9.79 Å². The number of nitrogens with zero attached hydrogens (tertiary/aromatic N) is 2. The number of hydrogen-bond donors (Lipinski definition) is 1. The van der Waals surface area contributed by atoms with Crippen LogP contribution in [-0.4, -0.2) is 56.7 Å². The Morgan fingerprint density at radius 2 is 1.79 bits per heavy atom. The van der Waals surface area contributed by atoms with Gasteiger partial charge in [-0.1, -0.05) is 12.1 Å². The van der Waals surface area contributed by atoms with E-state index in [4.69, 9.17) is 9.47 Å². The second kappa shape index (κ2) is 12.2. The van der Waals surface area contributed by atoms with Crippen LogP contribution in [0.25, 0.3) is 0 Å². The summed E-state index contributed by atoms with van der Waals surface area (Å²) in [4.78, 5) is 18.3. The number of carbonyl (C=O) groups excluding carboxylic acids is 1. The molecule has 1 aromatic rings. The topological polar surface area (TPSA) is 63.2 Å². The molecule has 0 spiro atoms. The number of guanidine groups is 1. The fraction of sp³-hybridized carbons (Fsp3) is 0.636. The van der Waals surface area contributed by atoms with E-state index in [0.29, 0.717) is 6.10 Å². The van der Waals surface area contributed by atoms with Crippen molar-refractivity contribution >= 4 is 35.9 Å². The Morgan fingerprint density at radius 3 is 2.38 bits per heavy atom. The lowest BCUT2D eigenvalue weighted by Crippen LogP contribution is -2.47. The lowest BCUT2D eigenvalue weighted by atomic mass is 9.97. The predicted molar refractivity (Wildman–Crippen MR) is 126 cm³/mol. The van der Waals surface area contributed by atoms with Crippen molar-refractivity contribution in [2.45, 2.75) is 51.0 Å². The lowest BCUT2D eigenvalue weighted by molar-refractivity contribution is -0.146. The number of aliphatic imine (C=N–C) groups is 1. The van der Waals surface area contributed by atoms with E-state index in [2.05, 4.69) is 39.5 Å². The number of hydrogen-bond acceptors (Lipinski definition) is 4. The Hall–Kier alpha value is -1.51. The lowest BCUT2D eigenvalue weighted by Gasteiger charge is -2.33. The molecule has 1 saturated heterocycles. The number of halogens is 1. The van der Waals surface area contributed by atoms with Gasteiger partial charge in [-0.25, -0.2) is 0 Å². The van der Waals surface area contributed by atoms with E-state index in [9.17, 15) is 4.79 Å². The van der Waals surface area contributed by atoms with Crippen LogP contribution in [-0.2, 0) is 16.0 Å². The van der Waals surface area contributed by atoms with E-state index in [-0.39, 0.29) is 35.9 Å². The molecule has 2 aliphatic rings. The molecular formula is C22H34IN3O3. The molecule has 7 heteroatoms. The zero-order chi connectivity index (χ0) is 19.8. The third-order valence-corrected chi connectivity index (χ3v) is 5.77. The number of ether oxygens (including phenoxy) is 2. The molecular weight excluding hydrogens is 481 g/mol. The van der Waals surface area contributed by atoms with Crippen LogP contribution in [0.15, 0.2) is 29.3 Å². The minimum absolute atomic E-state index is 0. The number of nitrogens with one attached hydrogen (secondary N) is 1. The number of piperidine rings is 1. The van der Waals surface area contributed by atoms with Crippen LogP contribution in [0.1, 0.15) is 44.1 Å². The van der Waals surface area contributed by atoms with Crippen molar-refractivity contribution in [3.63, 3.8) is 0 Å². The predicted octanol–water partition coefficient (Wildman–Crippen LogP) is 3.63. The monoisotopic (exact) mass is 515 g/mol. The zero-order valence-electron chi connectivity index (χ0n) is 17.6. The number of methoxy groups -OCH3 is 1. The van der Waals surface area contributed by atoms with Crippen molar-refractivity contribution in [1.29, 1.82) is 0 Å². The van der Waals surface area contributed by atoms with Gasteiger partial charge in [0.2, 0.25) is 0 Å². The van der Waals surface area contributed by atoms with Crippen LogP contribution < -0.4 is 10.1 Å². The van der Waals surface area contributed by atoms with Gasteiger partial charge in [-0.05, 0) is 62.6 Å². The summed E-state index contributed by atoms with van der Waals surface area (Å²) in [5.41, 5.74) is 1.28. The van der Waals surface area contributed by atoms with Crippen LogP contribution in [0, 0.1) is 5.92 Å².